The SMILES string of the molecule is COc1cc2c(Nc3ccc(Cl)c(Cl)c3)ncnc2cc1OCc1nc(CN2C=CC=NC=C2C)cs1. The van der Waals surface area contributed by atoms with E-state index < -0.39 is 0 Å². The second-order valence-corrected chi connectivity index (χ2v) is 9.81. The van der Waals surface area contributed by atoms with Crippen molar-refractivity contribution in [1.82, 2.24) is 19.9 Å². The first-order valence-electron chi connectivity index (χ1n) is 11.2. The zero-order chi connectivity index (χ0) is 25.8. The molecule has 8 nitrogen and oxygen atoms in total. The van der Waals surface area contributed by atoms with Crippen LogP contribution in [-0.4, -0.2) is 33.2 Å². The number of aromatic nitrogens is 3. The molecule has 4 aromatic rings. The molecule has 11 heteroatoms. The number of aliphatic imine (C=N–C) groups is 1. The molecule has 0 atom stereocenters. The predicted octanol–water partition coefficient (Wildman–Crippen LogP) is 6.99. The van der Waals surface area contributed by atoms with Crippen molar-refractivity contribution in [2.75, 3.05) is 12.4 Å². The Balaban J connectivity index is 1.32. The average molecular weight is 553 g/mol. The quantitative estimate of drug-likeness (QED) is 0.252. The summed E-state index contributed by atoms with van der Waals surface area (Å²) in [6, 6.07) is 8.97. The van der Waals surface area contributed by atoms with E-state index in [1.165, 1.54) is 6.33 Å². The molecule has 5 rings (SSSR count). The van der Waals surface area contributed by atoms with Crippen LogP contribution >= 0.6 is 34.5 Å². The molecule has 0 fully saturated rings. The van der Waals surface area contributed by atoms with Gasteiger partial charge in [0.25, 0.3) is 0 Å². The number of benzene rings is 2. The molecule has 188 valence electrons. The summed E-state index contributed by atoms with van der Waals surface area (Å²) in [4.78, 5) is 19.8. The lowest BCUT2D eigenvalue weighted by atomic mass is 10.2. The maximum Gasteiger partial charge on any atom is 0.163 e. The number of methoxy groups -OCH3 is 1. The van der Waals surface area contributed by atoms with Crippen molar-refractivity contribution in [1.29, 1.82) is 0 Å². The summed E-state index contributed by atoms with van der Waals surface area (Å²) in [6.07, 6.45) is 8.98. The van der Waals surface area contributed by atoms with Crippen LogP contribution in [0.3, 0.4) is 0 Å². The molecule has 3 heterocycles. The highest BCUT2D eigenvalue weighted by Gasteiger charge is 2.14. The Bertz CT molecular complexity index is 1540. The summed E-state index contributed by atoms with van der Waals surface area (Å²) in [5.41, 5.74) is 3.46. The standard InChI is InChI=1S/C26H22Cl2N6O2S/c1-16-11-29-6-3-7-34(16)12-18-14-37-25(32-18)13-36-24-10-22-19(9-23(24)35-2)26(31-15-30-22)33-17-4-5-20(27)21(28)8-17/h3-11,14-15H,12-13H2,1-2H3,(H,30,31,33). The Morgan fingerprint density at radius 3 is 2.81 bits per heavy atom. The summed E-state index contributed by atoms with van der Waals surface area (Å²) >= 11 is 13.7. The molecule has 1 aliphatic rings. The molecule has 0 unspecified atom stereocenters. The molecule has 0 radical (unpaired) electrons. The molecular weight excluding hydrogens is 531 g/mol. The van der Waals surface area contributed by atoms with Gasteiger partial charge in [0.05, 0.1) is 34.9 Å². The van der Waals surface area contributed by atoms with Gasteiger partial charge < -0.3 is 19.7 Å². The van der Waals surface area contributed by atoms with Gasteiger partial charge in [-0.25, -0.2) is 15.0 Å². The van der Waals surface area contributed by atoms with E-state index in [2.05, 4.69) is 25.2 Å². The topological polar surface area (TPSA) is 84.8 Å². The maximum absolute atomic E-state index is 6.16. The van der Waals surface area contributed by atoms with E-state index in [4.69, 9.17) is 37.7 Å². The van der Waals surface area contributed by atoms with E-state index >= 15 is 0 Å². The first-order chi connectivity index (χ1) is 18.0. The number of hydrogen-bond acceptors (Lipinski definition) is 9. The van der Waals surface area contributed by atoms with Crippen LogP contribution in [0.1, 0.15) is 17.6 Å². The number of nitrogens with zero attached hydrogens (tertiary/aromatic N) is 5. The number of fused-ring (bicyclic) bond motifs is 1. The lowest BCUT2D eigenvalue weighted by molar-refractivity contribution is 0.284. The minimum atomic E-state index is 0.305. The highest BCUT2D eigenvalue weighted by molar-refractivity contribution is 7.09. The first-order valence-corrected chi connectivity index (χ1v) is 12.9. The molecule has 0 aliphatic carbocycles. The monoisotopic (exact) mass is 552 g/mol. The lowest BCUT2D eigenvalue weighted by Gasteiger charge is -2.18. The van der Waals surface area contributed by atoms with Crippen molar-refractivity contribution in [2.45, 2.75) is 20.1 Å². The highest BCUT2D eigenvalue weighted by Crippen LogP contribution is 2.36. The number of hydrogen-bond donors (Lipinski definition) is 1. The van der Waals surface area contributed by atoms with Crippen molar-refractivity contribution >= 4 is 63.2 Å². The molecule has 0 saturated heterocycles. The third kappa shape index (κ3) is 5.85. The molecule has 37 heavy (non-hydrogen) atoms. The van der Waals surface area contributed by atoms with Crippen LogP contribution in [0.25, 0.3) is 10.9 Å². The van der Waals surface area contributed by atoms with Gasteiger partial charge in [-0.3, -0.25) is 4.99 Å². The second-order valence-electron chi connectivity index (χ2n) is 8.06. The van der Waals surface area contributed by atoms with Gasteiger partial charge in [-0.1, -0.05) is 23.2 Å². The lowest BCUT2D eigenvalue weighted by Crippen LogP contribution is -2.14. The minimum Gasteiger partial charge on any atom is -0.493 e. The summed E-state index contributed by atoms with van der Waals surface area (Å²) in [5.74, 6) is 1.74. The molecule has 0 bridgehead atoms. The first kappa shape index (κ1) is 25.0. The number of ether oxygens (including phenoxy) is 2. The minimum absolute atomic E-state index is 0.305. The van der Waals surface area contributed by atoms with Gasteiger partial charge in [-0.2, -0.15) is 0 Å². The van der Waals surface area contributed by atoms with Gasteiger partial charge in [0, 0.05) is 46.8 Å². The predicted molar refractivity (Wildman–Crippen MR) is 149 cm³/mol. The molecule has 1 aliphatic heterocycles. The van der Waals surface area contributed by atoms with Crippen LogP contribution in [0.15, 0.2) is 71.2 Å². The fourth-order valence-corrected chi connectivity index (χ4v) is 4.65. The number of nitrogens with one attached hydrogen (secondary N) is 1. The summed E-state index contributed by atoms with van der Waals surface area (Å²) < 4.78 is 11.7. The zero-order valence-corrected chi connectivity index (χ0v) is 22.3. The van der Waals surface area contributed by atoms with Gasteiger partial charge in [-0.05, 0) is 37.3 Å². The maximum atomic E-state index is 6.16. The molecule has 2 aromatic carbocycles. The van der Waals surface area contributed by atoms with E-state index in [1.54, 1.807) is 36.8 Å². The molecule has 2 aromatic heterocycles. The van der Waals surface area contributed by atoms with E-state index in [-0.39, 0.29) is 0 Å². The summed E-state index contributed by atoms with van der Waals surface area (Å²) in [7, 11) is 1.60. The van der Waals surface area contributed by atoms with Crippen molar-refractivity contribution in [3.8, 4) is 11.5 Å². The second kappa shape index (κ2) is 11.2. The van der Waals surface area contributed by atoms with Crippen molar-refractivity contribution in [3.63, 3.8) is 0 Å². The van der Waals surface area contributed by atoms with Crippen LogP contribution in [0.2, 0.25) is 10.0 Å². The normalized spacial score (nSPS) is 13.0. The van der Waals surface area contributed by atoms with E-state index in [0.717, 1.165) is 27.5 Å². The number of halogens is 2. The van der Waals surface area contributed by atoms with Gasteiger partial charge >= 0.3 is 0 Å². The van der Waals surface area contributed by atoms with Gasteiger partial charge in [0.15, 0.2) is 11.5 Å². The molecule has 0 amide bonds. The number of rotatable bonds is 8. The van der Waals surface area contributed by atoms with Crippen molar-refractivity contribution < 1.29 is 9.47 Å². The van der Waals surface area contributed by atoms with E-state index in [1.807, 2.05) is 49.0 Å². The molecular formula is C26H22Cl2N6O2S. The van der Waals surface area contributed by atoms with Crippen LogP contribution in [0, 0.1) is 0 Å². The zero-order valence-electron chi connectivity index (χ0n) is 20.0. The Morgan fingerprint density at radius 2 is 1.97 bits per heavy atom. The van der Waals surface area contributed by atoms with Crippen molar-refractivity contribution in [3.05, 3.63) is 87.0 Å². The van der Waals surface area contributed by atoms with Crippen LogP contribution in [0.5, 0.6) is 11.5 Å². The molecule has 1 N–H and O–H groups in total. The van der Waals surface area contributed by atoms with Gasteiger partial charge in [0.2, 0.25) is 0 Å². The number of allylic oxidation sites excluding steroid dienone is 2. The van der Waals surface area contributed by atoms with E-state index in [0.29, 0.717) is 46.0 Å². The largest absolute Gasteiger partial charge is 0.493 e. The van der Waals surface area contributed by atoms with Gasteiger partial charge in [0.1, 0.15) is 23.8 Å². The third-order valence-corrected chi connectivity index (χ3v) is 7.15. The Kier molecular flexibility index (Phi) is 7.55. The third-order valence-electron chi connectivity index (χ3n) is 5.54. The van der Waals surface area contributed by atoms with Crippen LogP contribution in [-0.2, 0) is 13.2 Å². The number of anilines is 2. The van der Waals surface area contributed by atoms with E-state index in [9.17, 15) is 0 Å². The Labute approximate surface area is 227 Å². The van der Waals surface area contributed by atoms with Gasteiger partial charge in [-0.15, -0.1) is 11.3 Å². The fourth-order valence-electron chi connectivity index (χ4n) is 3.66. The van der Waals surface area contributed by atoms with Crippen molar-refractivity contribution in [2.24, 2.45) is 4.99 Å². The Morgan fingerprint density at radius 1 is 1.08 bits per heavy atom. The number of thiazole rings is 1. The fraction of sp³-hybridized carbons (Fsp3) is 0.154. The average Bonchev–Trinajstić information content (AvgIpc) is 3.25. The Hall–Kier alpha value is -3.66. The molecule has 0 saturated carbocycles. The highest BCUT2D eigenvalue weighted by atomic mass is 35.5. The summed E-state index contributed by atoms with van der Waals surface area (Å²) in [5, 5.41) is 7.87. The smallest absolute Gasteiger partial charge is 0.163 e. The van der Waals surface area contributed by atoms with Crippen LogP contribution in [0.4, 0.5) is 11.5 Å². The molecule has 0 spiro atoms. The van der Waals surface area contributed by atoms with Crippen LogP contribution < -0.4 is 14.8 Å². The summed E-state index contributed by atoms with van der Waals surface area (Å²) in [6.45, 7) is 2.98.